The minimum Gasteiger partial charge on any atom is -0.384 e. The van der Waals surface area contributed by atoms with Gasteiger partial charge in [-0.15, -0.1) is 0 Å². The molecule has 1 aliphatic heterocycles. The molecule has 0 spiro atoms. The van der Waals surface area contributed by atoms with Gasteiger partial charge in [-0.3, -0.25) is 4.79 Å². The fourth-order valence-electron chi connectivity index (χ4n) is 2.49. The van der Waals surface area contributed by atoms with E-state index in [4.69, 9.17) is 0 Å². The van der Waals surface area contributed by atoms with Crippen molar-refractivity contribution in [1.82, 2.24) is 4.90 Å². The van der Waals surface area contributed by atoms with Crippen LogP contribution in [0.15, 0.2) is 24.3 Å². The Kier molecular flexibility index (Phi) is 3.48. The predicted molar refractivity (Wildman–Crippen MR) is 66.5 cm³/mol. The van der Waals surface area contributed by atoms with E-state index in [9.17, 15) is 9.90 Å². The molecular weight excluding hydrogens is 214 g/mol. The van der Waals surface area contributed by atoms with Crippen LogP contribution in [0.3, 0.4) is 0 Å². The van der Waals surface area contributed by atoms with Crippen LogP contribution in [0.4, 0.5) is 0 Å². The van der Waals surface area contributed by atoms with Crippen LogP contribution in [-0.4, -0.2) is 28.6 Å². The lowest BCUT2D eigenvalue weighted by atomic mass is 10.0. The number of aliphatic hydroxyl groups excluding tert-OH is 1. The van der Waals surface area contributed by atoms with Crippen LogP contribution >= 0.6 is 0 Å². The van der Waals surface area contributed by atoms with E-state index in [1.807, 2.05) is 6.07 Å². The molecule has 3 heteroatoms. The summed E-state index contributed by atoms with van der Waals surface area (Å²) in [5, 5.41) is 9.41. The summed E-state index contributed by atoms with van der Waals surface area (Å²) in [6.07, 6.45) is 1.10. The smallest absolute Gasteiger partial charge is 0.251 e. The normalized spacial score (nSPS) is 21.6. The summed E-state index contributed by atoms with van der Waals surface area (Å²) >= 11 is 0. The highest BCUT2D eigenvalue weighted by molar-refractivity contribution is 5.81. The molecule has 2 atom stereocenters. The van der Waals surface area contributed by atoms with Crippen molar-refractivity contribution in [2.24, 2.45) is 0 Å². The van der Waals surface area contributed by atoms with Gasteiger partial charge in [-0.25, -0.2) is 0 Å². The van der Waals surface area contributed by atoms with Crippen molar-refractivity contribution in [3.05, 3.63) is 35.4 Å². The molecule has 1 saturated heterocycles. The summed E-state index contributed by atoms with van der Waals surface area (Å²) in [7, 11) is 0. The van der Waals surface area contributed by atoms with Gasteiger partial charge in [0, 0.05) is 6.54 Å². The van der Waals surface area contributed by atoms with E-state index in [1.165, 1.54) is 18.1 Å². The standard InChI is InChI=1S/C14H19NO2/c1-10-5-3-6-12(9-10)13-7-4-8-15(13)14(17)11(2)16/h3,5-6,9,11,13,16H,4,7-8H2,1-2H3. The number of likely N-dealkylation sites (tertiary alicyclic amines) is 1. The summed E-state index contributed by atoms with van der Waals surface area (Å²) in [6.45, 7) is 4.34. The molecule has 3 nitrogen and oxygen atoms in total. The molecule has 1 aromatic rings. The third-order valence-corrected chi connectivity index (χ3v) is 3.32. The molecule has 92 valence electrons. The van der Waals surface area contributed by atoms with Gasteiger partial charge in [0.05, 0.1) is 6.04 Å². The third-order valence-electron chi connectivity index (χ3n) is 3.32. The highest BCUT2D eigenvalue weighted by Gasteiger charge is 2.31. The summed E-state index contributed by atoms with van der Waals surface area (Å²) in [5.74, 6) is -0.158. The Hall–Kier alpha value is -1.35. The summed E-state index contributed by atoms with van der Waals surface area (Å²) < 4.78 is 0. The number of aliphatic hydroxyl groups is 1. The van der Waals surface area contributed by atoms with E-state index in [0.29, 0.717) is 0 Å². The fraction of sp³-hybridized carbons (Fsp3) is 0.500. The van der Waals surface area contributed by atoms with Crippen LogP contribution < -0.4 is 0 Å². The molecule has 1 heterocycles. The minimum atomic E-state index is -0.902. The van der Waals surface area contributed by atoms with E-state index in [0.717, 1.165) is 19.4 Å². The quantitative estimate of drug-likeness (QED) is 0.849. The number of rotatable bonds is 2. The molecule has 1 amide bonds. The number of hydrogen-bond acceptors (Lipinski definition) is 2. The highest BCUT2D eigenvalue weighted by Crippen LogP contribution is 2.32. The number of amides is 1. The van der Waals surface area contributed by atoms with Gasteiger partial charge in [-0.1, -0.05) is 29.8 Å². The number of hydrogen-bond donors (Lipinski definition) is 1. The van der Waals surface area contributed by atoms with Crippen LogP contribution in [0.2, 0.25) is 0 Å². The van der Waals surface area contributed by atoms with Crippen molar-refractivity contribution in [2.45, 2.75) is 38.8 Å². The van der Waals surface area contributed by atoms with E-state index in [2.05, 4.69) is 25.1 Å². The first-order chi connectivity index (χ1) is 8.09. The fourth-order valence-corrected chi connectivity index (χ4v) is 2.49. The lowest BCUT2D eigenvalue weighted by molar-refractivity contribution is -0.140. The summed E-state index contributed by atoms with van der Waals surface area (Å²) in [5.41, 5.74) is 2.38. The van der Waals surface area contributed by atoms with Crippen molar-refractivity contribution in [1.29, 1.82) is 0 Å². The Balaban J connectivity index is 2.23. The zero-order chi connectivity index (χ0) is 12.4. The number of aryl methyl sites for hydroxylation is 1. The Morgan fingerprint density at radius 1 is 1.53 bits per heavy atom. The Morgan fingerprint density at radius 2 is 2.29 bits per heavy atom. The van der Waals surface area contributed by atoms with Gasteiger partial charge in [0.2, 0.25) is 0 Å². The highest BCUT2D eigenvalue weighted by atomic mass is 16.3. The maximum Gasteiger partial charge on any atom is 0.251 e. The van der Waals surface area contributed by atoms with Crippen LogP contribution in [0.1, 0.15) is 36.9 Å². The second-order valence-corrected chi connectivity index (χ2v) is 4.78. The first-order valence-corrected chi connectivity index (χ1v) is 6.14. The molecule has 1 N–H and O–H groups in total. The largest absolute Gasteiger partial charge is 0.384 e. The lowest BCUT2D eigenvalue weighted by Gasteiger charge is -2.26. The van der Waals surface area contributed by atoms with Crippen molar-refractivity contribution >= 4 is 5.91 Å². The van der Waals surface area contributed by atoms with Gasteiger partial charge < -0.3 is 10.0 Å². The van der Waals surface area contributed by atoms with Crippen molar-refractivity contribution < 1.29 is 9.90 Å². The summed E-state index contributed by atoms with van der Waals surface area (Å²) in [6, 6.07) is 8.40. The summed E-state index contributed by atoms with van der Waals surface area (Å²) in [4.78, 5) is 13.7. The number of carbonyl (C=O) groups excluding carboxylic acids is 1. The van der Waals surface area contributed by atoms with Crippen LogP contribution in [0.5, 0.6) is 0 Å². The molecule has 1 aliphatic rings. The van der Waals surface area contributed by atoms with Gasteiger partial charge in [0.1, 0.15) is 6.10 Å². The van der Waals surface area contributed by atoms with Crippen LogP contribution in [0.25, 0.3) is 0 Å². The molecule has 2 rings (SSSR count). The topological polar surface area (TPSA) is 40.5 Å². The van der Waals surface area contributed by atoms with Gasteiger partial charge >= 0.3 is 0 Å². The molecule has 0 bridgehead atoms. The molecule has 0 radical (unpaired) electrons. The molecule has 2 unspecified atom stereocenters. The Labute approximate surface area is 102 Å². The molecule has 1 fully saturated rings. The molecule has 1 aromatic carbocycles. The Morgan fingerprint density at radius 3 is 2.94 bits per heavy atom. The van der Waals surface area contributed by atoms with Crippen molar-refractivity contribution in [3.63, 3.8) is 0 Å². The molecule has 0 saturated carbocycles. The first-order valence-electron chi connectivity index (χ1n) is 6.14. The molecule has 0 aromatic heterocycles. The SMILES string of the molecule is Cc1cccc(C2CCCN2C(=O)C(C)O)c1. The predicted octanol–water partition coefficient (Wildman–Crippen LogP) is 2.04. The van der Waals surface area contributed by atoms with Gasteiger partial charge in [-0.05, 0) is 32.3 Å². The van der Waals surface area contributed by atoms with Gasteiger partial charge in [0.25, 0.3) is 5.91 Å². The lowest BCUT2D eigenvalue weighted by Crippen LogP contribution is -2.37. The number of benzene rings is 1. The van der Waals surface area contributed by atoms with E-state index in [1.54, 1.807) is 4.90 Å². The molecule has 0 aliphatic carbocycles. The molecular formula is C14H19NO2. The zero-order valence-electron chi connectivity index (χ0n) is 10.4. The van der Waals surface area contributed by atoms with Gasteiger partial charge in [0.15, 0.2) is 0 Å². The minimum absolute atomic E-state index is 0.136. The van der Waals surface area contributed by atoms with Crippen molar-refractivity contribution in [3.8, 4) is 0 Å². The zero-order valence-corrected chi connectivity index (χ0v) is 10.4. The third kappa shape index (κ3) is 2.50. The second-order valence-electron chi connectivity index (χ2n) is 4.78. The van der Waals surface area contributed by atoms with E-state index < -0.39 is 6.10 Å². The first kappa shape index (κ1) is 12.1. The van der Waals surface area contributed by atoms with E-state index >= 15 is 0 Å². The number of nitrogens with zero attached hydrogens (tertiary/aromatic N) is 1. The van der Waals surface area contributed by atoms with E-state index in [-0.39, 0.29) is 11.9 Å². The van der Waals surface area contributed by atoms with Gasteiger partial charge in [-0.2, -0.15) is 0 Å². The monoisotopic (exact) mass is 233 g/mol. The van der Waals surface area contributed by atoms with Crippen LogP contribution in [0, 0.1) is 6.92 Å². The average Bonchev–Trinajstić information content (AvgIpc) is 2.76. The maximum absolute atomic E-state index is 11.9. The second kappa shape index (κ2) is 4.88. The average molecular weight is 233 g/mol. The van der Waals surface area contributed by atoms with Crippen molar-refractivity contribution in [2.75, 3.05) is 6.54 Å². The number of carbonyl (C=O) groups is 1. The Bertz CT molecular complexity index is 414. The van der Waals surface area contributed by atoms with Crippen LogP contribution in [-0.2, 0) is 4.79 Å². The maximum atomic E-state index is 11.9. The molecule has 17 heavy (non-hydrogen) atoms.